The highest BCUT2D eigenvalue weighted by atomic mass is 16.5. The predicted octanol–water partition coefficient (Wildman–Crippen LogP) is 1.56. The first kappa shape index (κ1) is 12.7. The molecule has 90 valence electrons. The second-order valence-corrected chi connectivity index (χ2v) is 4.24. The van der Waals surface area contributed by atoms with Crippen LogP contribution in [0.25, 0.3) is 0 Å². The van der Waals surface area contributed by atoms with Crippen LogP contribution in [0.4, 0.5) is 5.82 Å². The Kier molecular flexibility index (Phi) is 4.06. The highest BCUT2D eigenvalue weighted by Crippen LogP contribution is 2.15. The molecule has 0 aliphatic heterocycles. The Balaban J connectivity index is 2.49. The smallest absolute Gasteiger partial charge is 0.218 e. The van der Waals surface area contributed by atoms with E-state index in [2.05, 4.69) is 9.97 Å². The Morgan fingerprint density at radius 2 is 2.06 bits per heavy atom. The Morgan fingerprint density at radius 3 is 2.62 bits per heavy atom. The molecule has 1 aromatic rings. The van der Waals surface area contributed by atoms with Crippen LogP contribution in [-0.2, 0) is 4.74 Å². The lowest BCUT2D eigenvalue weighted by atomic mass is 10.1. The van der Waals surface area contributed by atoms with E-state index in [4.69, 9.17) is 15.2 Å². The number of ether oxygens (including phenoxy) is 2. The van der Waals surface area contributed by atoms with E-state index in [0.29, 0.717) is 24.1 Å². The molecule has 0 saturated heterocycles. The molecule has 0 radical (unpaired) electrons. The monoisotopic (exact) mass is 225 g/mol. The van der Waals surface area contributed by atoms with Gasteiger partial charge in [-0.15, -0.1) is 0 Å². The Morgan fingerprint density at radius 1 is 1.38 bits per heavy atom. The van der Waals surface area contributed by atoms with Gasteiger partial charge in [0.25, 0.3) is 0 Å². The zero-order valence-electron chi connectivity index (χ0n) is 10.3. The van der Waals surface area contributed by atoms with Crippen molar-refractivity contribution in [3.63, 3.8) is 0 Å². The van der Waals surface area contributed by atoms with Crippen LogP contribution in [0.3, 0.4) is 0 Å². The van der Waals surface area contributed by atoms with Crippen LogP contribution in [0.15, 0.2) is 6.07 Å². The molecule has 0 aliphatic carbocycles. The summed E-state index contributed by atoms with van der Waals surface area (Å²) >= 11 is 0. The van der Waals surface area contributed by atoms with Crippen LogP contribution in [-0.4, -0.2) is 29.3 Å². The van der Waals surface area contributed by atoms with E-state index < -0.39 is 0 Å². The van der Waals surface area contributed by atoms with Crippen molar-refractivity contribution in [2.75, 3.05) is 19.5 Å². The number of rotatable bonds is 5. The van der Waals surface area contributed by atoms with Gasteiger partial charge in [0.1, 0.15) is 11.6 Å². The van der Waals surface area contributed by atoms with Crippen molar-refractivity contribution in [3.8, 4) is 5.88 Å². The van der Waals surface area contributed by atoms with Crippen LogP contribution >= 0.6 is 0 Å². The maximum absolute atomic E-state index is 5.59. The number of nitrogens with zero attached hydrogens (tertiary/aromatic N) is 2. The molecule has 5 heteroatoms. The van der Waals surface area contributed by atoms with E-state index in [1.807, 2.05) is 13.8 Å². The number of methoxy groups -OCH3 is 1. The van der Waals surface area contributed by atoms with E-state index in [1.54, 1.807) is 20.1 Å². The molecule has 16 heavy (non-hydrogen) atoms. The summed E-state index contributed by atoms with van der Waals surface area (Å²) in [6.45, 7) is 6.34. The van der Waals surface area contributed by atoms with Gasteiger partial charge in [0, 0.05) is 19.6 Å². The molecule has 0 aromatic carbocycles. The van der Waals surface area contributed by atoms with E-state index in [1.165, 1.54) is 0 Å². The maximum atomic E-state index is 5.59. The fraction of sp³-hybridized carbons (Fsp3) is 0.636. The summed E-state index contributed by atoms with van der Waals surface area (Å²) in [6, 6.07) is 1.62. The lowest BCUT2D eigenvalue weighted by Gasteiger charge is -2.22. The molecule has 0 atom stereocenters. The second-order valence-electron chi connectivity index (χ2n) is 4.24. The normalized spacial score (nSPS) is 11.5. The van der Waals surface area contributed by atoms with Crippen molar-refractivity contribution in [2.24, 2.45) is 0 Å². The van der Waals surface area contributed by atoms with Crippen molar-refractivity contribution >= 4 is 5.82 Å². The van der Waals surface area contributed by atoms with Crippen LogP contribution in [0.1, 0.15) is 26.1 Å². The first-order chi connectivity index (χ1) is 7.43. The molecular formula is C11H19N3O2. The van der Waals surface area contributed by atoms with Crippen molar-refractivity contribution in [2.45, 2.75) is 32.8 Å². The summed E-state index contributed by atoms with van der Waals surface area (Å²) in [5.74, 6) is 1.55. The average Bonchev–Trinajstić information content (AvgIpc) is 2.16. The molecule has 0 bridgehead atoms. The molecule has 1 aromatic heterocycles. The quantitative estimate of drug-likeness (QED) is 0.823. The Bertz CT molecular complexity index is 333. The molecule has 0 aliphatic rings. The first-order valence-corrected chi connectivity index (χ1v) is 5.22. The molecule has 1 heterocycles. The van der Waals surface area contributed by atoms with Gasteiger partial charge < -0.3 is 15.2 Å². The fourth-order valence-corrected chi connectivity index (χ4v) is 1.14. The molecule has 0 fully saturated rings. The summed E-state index contributed by atoms with van der Waals surface area (Å²) in [5.41, 5.74) is 5.40. The van der Waals surface area contributed by atoms with Gasteiger partial charge in [0.2, 0.25) is 5.88 Å². The highest BCUT2D eigenvalue weighted by Gasteiger charge is 2.16. The lowest BCUT2D eigenvalue weighted by molar-refractivity contribution is 0.00508. The summed E-state index contributed by atoms with van der Waals surface area (Å²) in [5, 5.41) is 0. The number of nitrogens with two attached hydrogens (primary N) is 1. The largest absolute Gasteiger partial charge is 0.477 e. The van der Waals surface area contributed by atoms with Crippen LogP contribution in [0.2, 0.25) is 0 Å². The van der Waals surface area contributed by atoms with E-state index in [0.717, 1.165) is 6.42 Å². The van der Waals surface area contributed by atoms with Gasteiger partial charge in [-0.05, 0) is 20.8 Å². The number of aromatic nitrogens is 2. The molecule has 0 saturated carbocycles. The van der Waals surface area contributed by atoms with Crippen LogP contribution in [0.5, 0.6) is 5.88 Å². The average molecular weight is 225 g/mol. The number of hydrogen-bond acceptors (Lipinski definition) is 5. The van der Waals surface area contributed by atoms with Gasteiger partial charge in [-0.25, -0.2) is 4.98 Å². The Labute approximate surface area is 96.0 Å². The van der Waals surface area contributed by atoms with E-state index in [-0.39, 0.29) is 5.60 Å². The zero-order chi connectivity index (χ0) is 12.2. The molecule has 5 nitrogen and oxygen atoms in total. The van der Waals surface area contributed by atoms with Crippen molar-refractivity contribution in [1.29, 1.82) is 0 Å². The summed E-state index contributed by atoms with van der Waals surface area (Å²) in [6.07, 6.45) is 0.784. The molecular weight excluding hydrogens is 206 g/mol. The third-order valence-electron chi connectivity index (χ3n) is 2.34. The predicted molar refractivity (Wildman–Crippen MR) is 62.4 cm³/mol. The second kappa shape index (κ2) is 5.12. The SMILES string of the molecule is COC(C)(C)CCOc1cc(N)nc(C)n1. The maximum Gasteiger partial charge on any atom is 0.218 e. The van der Waals surface area contributed by atoms with Crippen LogP contribution < -0.4 is 10.5 Å². The molecule has 0 unspecified atom stereocenters. The summed E-state index contributed by atoms with van der Waals surface area (Å²) in [7, 11) is 1.69. The first-order valence-electron chi connectivity index (χ1n) is 5.22. The van der Waals surface area contributed by atoms with Gasteiger partial charge >= 0.3 is 0 Å². The van der Waals surface area contributed by atoms with Gasteiger partial charge in [-0.2, -0.15) is 4.98 Å². The van der Waals surface area contributed by atoms with Gasteiger partial charge in [-0.1, -0.05) is 0 Å². The molecule has 0 spiro atoms. The molecule has 2 N–H and O–H groups in total. The highest BCUT2D eigenvalue weighted by molar-refractivity contribution is 5.32. The minimum Gasteiger partial charge on any atom is -0.477 e. The minimum atomic E-state index is -0.187. The van der Waals surface area contributed by atoms with Gasteiger partial charge in [0.15, 0.2) is 0 Å². The topological polar surface area (TPSA) is 70.3 Å². The minimum absolute atomic E-state index is 0.187. The fourth-order valence-electron chi connectivity index (χ4n) is 1.14. The van der Waals surface area contributed by atoms with E-state index in [9.17, 15) is 0 Å². The molecule has 0 amide bonds. The van der Waals surface area contributed by atoms with Gasteiger partial charge in [-0.3, -0.25) is 0 Å². The number of hydrogen-bond donors (Lipinski definition) is 1. The number of aryl methyl sites for hydroxylation is 1. The molecule has 1 rings (SSSR count). The lowest BCUT2D eigenvalue weighted by Crippen LogP contribution is -2.25. The number of nitrogen functional groups attached to an aromatic ring is 1. The van der Waals surface area contributed by atoms with Crippen molar-refractivity contribution in [1.82, 2.24) is 9.97 Å². The van der Waals surface area contributed by atoms with Crippen molar-refractivity contribution < 1.29 is 9.47 Å². The summed E-state index contributed by atoms with van der Waals surface area (Å²) < 4.78 is 10.8. The van der Waals surface area contributed by atoms with Crippen LogP contribution in [0, 0.1) is 6.92 Å². The standard InChI is InChI=1S/C11H19N3O2/c1-8-13-9(12)7-10(14-8)16-6-5-11(2,3)15-4/h7H,5-6H2,1-4H3,(H2,12,13,14). The summed E-state index contributed by atoms with van der Waals surface area (Å²) in [4.78, 5) is 8.09. The van der Waals surface area contributed by atoms with E-state index >= 15 is 0 Å². The Hall–Kier alpha value is -1.36. The zero-order valence-corrected chi connectivity index (χ0v) is 10.3. The third kappa shape index (κ3) is 4.02. The van der Waals surface area contributed by atoms with Crippen molar-refractivity contribution in [3.05, 3.63) is 11.9 Å². The van der Waals surface area contributed by atoms with Gasteiger partial charge in [0.05, 0.1) is 12.2 Å². The number of anilines is 1. The third-order valence-corrected chi connectivity index (χ3v) is 2.34.